The molecular formula is C20H22N4O6. The highest BCUT2D eigenvalue weighted by Crippen LogP contribution is 2.28. The quantitative estimate of drug-likeness (QED) is 0.447. The molecule has 0 spiro atoms. The maximum Gasteiger partial charge on any atom is 0.229 e. The van der Waals surface area contributed by atoms with Crippen LogP contribution in [-0.2, 0) is 4.74 Å². The first-order chi connectivity index (χ1) is 14.5. The zero-order chi connectivity index (χ0) is 21.3. The number of aromatic nitrogens is 4. The number of hydrogen-bond donors (Lipinski definition) is 4. The first-order valence-electron chi connectivity index (χ1n) is 9.39. The van der Waals surface area contributed by atoms with Gasteiger partial charge < -0.3 is 29.9 Å². The molecule has 10 heteroatoms. The van der Waals surface area contributed by atoms with Gasteiger partial charge in [0.05, 0.1) is 18.5 Å². The van der Waals surface area contributed by atoms with Gasteiger partial charge in [-0.05, 0) is 42.8 Å². The maximum absolute atomic E-state index is 10.1. The van der Waals surface area contributed by atoms with Crippen molar-refractivity contribution in [3.8, 4) is 22.7 Å². The third kappa shape index (κ3) is 3.91. The zero-order valence-corrected chi connectivity index (χ0v) is 16.1. The van der Waals surface area contributed by atoms with Crippen LogP contribution in [0.25, 0.3) is 16.9 Å². The van der Waals surface area contributed by atoms with Crippen molar-refractivity contribution in [1.29, 1.82) is 0 Å². The Balaban J connectivity index is 1.52. The minimum atomic E-state index is -1.50. The van der Waals surface area contributed by atoms with Crippen molar-refractivity contribution in [3.05, 3.63) is 54.5 Å². The summed E-state index contributed by atoms with van der Waals surface area (Å²) in [6.45, 7) is 1.29. The van der Waals surface area contributed by atoms with Crippen LogP contribution >= 0.6 is 0 Å². The summed E-state index contributed by atoms with van der Waals surface area (Å²) in [5.41, 5.74) is 3.00. The van der Waals surface area contributed by atoms with Crippen molar-refractivity contribution in [2.24, 2.45) is 0 Å². The van der Waals surface area contributed by atoms with Gasteiger partial charge in [0, 0.05) is 18.0 Å². The second-order valence-corrected chi connectivity index (χ2v) is 7.05. The molecule has 0 radical (unpaired) electrons. The molecular weight excluding hydrogens is 392 g/mol. The number of pyridine rings is 1. The van der Waals surface area contributed by atoms with Gasteiger partial charge in [-0.2, -0.15) is 0 Å². The number of aliphatic hydroxyl groups is 4. The molecule has 2 aromatic heterocycles. The lowest BCUT2D eigenvalue weighted by Crippen LogP contribution is -2.60. The molecule has 1 fully saturated rings. The van der Waals surface area contributed by atoms with Crippen LogP contribution in [0, 0.1) is 6.92 Å². The predicted octanol–water partition coefficient (Wildman–Crippen LogP) is -0.184. The topological polar surface area (TPSA) is 143 Å². The van der Waals surface area contributed by atoms with Crippen molar-refractivity contribution in [2.45, 2.75) is 37.6 Å². The Bertz CT molecular complexity index is 996. The third-order valence-electron chi connectivity index (χ3n) is 4.97. The largest absolute Gasteiger partial charge is 0.462 e. The number of hydrogen-bond acceptors (Lipinski definition) is 9. The summed E-state index contributed by atoms with van der Waals surface area (Å²) in [5, 5.41) is 47.5. The number of benzene rings is 1. The summed E-state index contributed by atoms with van der Waals surface area (Å²) < 4.78 is 12.7. The predicted molar refractivity (Wildman–Crippen MR) is 104 cm³/mol. The Morgan fingerprint density at radius 1 is 1.13 bits per heavy atom. The fourth-order valence-corrected chi connectivity index (χ4v) is 3.23. The van der Waals surface area contributed by atoms with E-state index in [-0.39, 0.29) is 0 Å². The molecule has 158 valence electrons. The minimum Gasteiger partial charge on any atom is -0.462 e. The molecule has 10 nitrogen and oxygen atoms in total. The molecule has 4 rings (SSSR count). The number of aliphatic hydroxyl groups excluding tert-OH is 4. The van der Waals surface area contributed by atoms with E-state index in [4.69, 9.17) is 9.47 Å². The smallest absolute Gasteiger partial charge is 0.229 e. The van der Waals surface area contributed by atoms with E-state index in [0.29, 0.717) is 11.4 Å². The highest BCUT2D eigenvalue weighted by Gasteiger charge is 2.44. The van der Waals surface area contributed by atoms with E-state index in [9.17, 15) is 20.4 Å². The SMILES string of the molecule is Cc1cc(-n2cc(-c3cccnc3)nn2)ccc1O[C@H]1O[C@H](CO)[C@@H](O)[C@H](O)[C@@H]1O. The van der Waals surface area contributed by atoms with E-state index in [1.165, 1.54) is 0 Å². The average molecular weight is 414 g/mol. The van der Waals surface area contributed by atoms with Gasteiger partial charge >= 0.3 is 0 Å². The fraction of sp³-hybridized carbons (Fsp3) is 0.350. The number of ether oxygens (including phenoxy) is 2. The van der Waals surface area contributed by atoms with E-state index >= 15 is 0 Å². The summed E-state index contributed by atoms with van der Waals surface area (Å²) in [7, 11) is 0. The average Bonchev–Trinajstić information content (AvgIpc) is 3.26. The van der Waals surface area contributed by atoms with Gasteiger partial charge in [-0.25, -0.2) is 4.68 Å². The van der Waals surface area contributed by atoms with Crippen LogP contribution in [0.5, 0.6) is 5.75 Å². The Morgan fingerprint density at radius 2 is 1.97 bits per heavy atom. The molecule has 1 aliphatic heterocycles. The van der Waals surface area contributed by atoms with Crippen molar-refractivity contribution < 1.29 is 29.9 Å². The molecule has 0 amide bonds. The van der Waals surface area contributed by atoms with Crippen molar-refractivity contribution in [2.75, 3.05) is 6.61 Å². The van der Waals surface area contributed by atoms with Gasteiger partial charge in [0.25, 0.3) is 0 Å². The Hall–Kier alpha value is -2.89. The van der Waals surface area contributed by atoms with E-state index < -0.39 is 37.3 Å². The lowest BCUT2D eigenvalue weighted by Gasteiger charge is -2.39. The van der Waals surface area contributed by atoms with Gasteiger partial charge in [-0.3, -0.25) is 4.98 Å². The van der Waals surface area contributed by atoms with Crippen LogP contribution in [0.3, 0.4) is 0 Å². The minimum absolute atomic E-state index is 0.413. The summed E-state index contributed by atoms with van der Waals surface area (Å²) in [6.07, 6.45) is -1.51. The van der Waals surface area contributed by atoms with Crippen LogP contribution in [-0.4, -0.2) is 77.7 Å². The summed E-state index contributed by atoms with van der Waals surface area (Å²) in [4.78, 5) is 4.08. The summed E-state index contributed by atoms with van der Waals surface area (Å²) in [6, 6.07) is 8.97. The third-order valence-corrected chi connectivity index (χ3v) is 4.97. The molecule has 3 aromatic rings. The Morgan fingerprint density at radius 3 is 2.67 bits per heavy atom. The molecule has 4 N–H and O–H groups in total. The number of aryl methyl sites for hydroxylation is 1. The molecule has 30 heavy (non-hydrogen) atoms. The lowest BCUT2D eigenvalue weighted by molar-refractivity contribution is -0.277. The molecule has 5 atom stereocenters. The van der Waals surface area contributed by atoms with Gasteiger partial charge in [0.15, 0.2) is 0 Å². The van der Waals surface area contributed by atoms with Crippen molar-refractivity contribution >= 4 is 0 Å². The van der Waals surface area contributed by atoms with Crippen LogP contribution in [0.15, 0.2) is 48.9 Å². The molecule has 1 saturated heterocycles. The highest BCUT2D eigenvalue weighted by molar-refractivity contribution is 5.56. The monoisotopic (exact) mass is 414 g/mol. The van der Waals surface area contributed by atoms with Gasteiger partial charge in [0.1, 0.15) is 35.9 Å². The Labute approximate surface area is 172 Å². The number of rotatable bonds is 5. The molecule has 0 bridgehead atoms. The molecule has 0 aliphatic carbocycles. The molecule has 1 aliphatic rings. The normalized spacial score (nSPS) is 26.5. The van der Waals surface area contributed by atoms with Gasteiger partial charge in [-0.1, -0.05) is 5.21 Å². The van der Waals surface area contributed by atoms with Crippen molar-refractivity contribution in [1.82, 2.24) is 20.0 Å². The van der Waals surface area contributed by atoms with Crippen LogP contribution in [0.2, 0.25) is 0 Å². The molecule has 0 saturated carbocycles. The van der Waals surface area contributed by atoms with E-state index in [2.05, 4.69) is 15.3 Å². The first-order valence-corrected chi connectivity index (χ1v) is 9.39. The van der Waals surface area contributed by atoms with Crippen LogP contribution in [0.1, 0.15) is 5.56 Å². The highest BCUT2D eigenvalue weighted by atomic mass is 16.7. The van der Waals surface area contributed by atoms with Gasteiger partial charge in [-0.15, -0.1) is 5.10 Å². The van der Waals surface area contributed by atoms with Crippen LogP contribution in [0.4, 0.5) is 0 Å². The van der Waals surface area contributed by atoms with Gasteiger partial charge in [0.2, 0.25) is 6.29 Å². The summed E-state index contributed by atoms with van der Waals surface area (Å²) >= 11 is 0. The van der Waals surface area contributed by atoms with Crippen LogP contribution < -0.4 is 4.74 Å². The second-order valence-electron chi connectivity index (χ2n) is 7.05. The zero-order valence-electron chi connectivity index (χ0n) is 16.1. The van der Waals surface area contributed by atoms with E-state index in [1.807, 2.05) is 25.1 Å². The Kier molecular flexibility index (Phi) is 5.75. The molecule has 3 heterocycles. The standard InChI is InChI=1S/C20H22N4O6/c1-11-7-13(24-9-14(22-23-24)12-3-2-6-21-8-12)4-5-15(11)29-20-19(28)18(27)17(26)16(10-25)30-20/h2-9,16-20,25-28H,10H2,1H3/t16-,17-,18+,19+,20+/m1/s1. The van der Waals surface area contributed by atoms with Crippen molar-refractivity contribution in [3.63, 3.8) is 0 Å². The maximum atomic E-state index is 10.1. The van der Waals surface area contributed by atoms with E-state index in [1.54, 1.807) is 35.4 Å². The molecule has 1 aromatic carbocycles. The van der Waals surface area contributed by atoms with E-state index in [0.717, 1.165) is 16.8 Å². The molecule has 0 unspecified atom stereocenters. The first kappa shape index (κ1) is 20.4. The summed E-state index contributed by atoms with van der Waals surface area (Å²) in [5.74, 6) is 0.413. The fourth-order valence-electron chi connectivity index (χ4n) is 3.23. The number of nitrogens with zero attached hydrogens (tertiary/aromatic N) is 4. The lowest BCUT2D eigenvalue weighted by atomic mass is 9.99. The second kappa shape index (κ2) is 8.46.